The minimum absolute atomic E-state index is 0.429. The molecule has 0 aliphatic rings. The Morgan fingerprint density at radius 3 is 2.85 bits per heavy atom. The molecule has 0 aromatic carbocycles. The molecule has 0 amide bonds. The molecule has 1 unspecified atom stereocenters. The molecular formula is C16H22N2OS. The second-order valence-corrected chi connectivity index (χ2v) is 5.94. The Kier molecular flexibility index (Phi) is 5.15. The molecule has 0 bridgehead atoms. The zero-order valence-corrected chi connectivity index (χ0v) is 13.4. The fourth-order valence-corrected chi connectivity index (χ4v) is 3.04. The first-order valence-electron chi connectivity index (χ1n) is 6.85. The summed E-state index contributed by atoms with van der Waals surface area (Å²) in [4.78, 5) is 4.51. The van der Waals surface area contributed by atoms with Crippen LogP contribution in [0.15, 0.2) is 23.0 Å². The third kappa shape index (κ3) is 3.58. The van der Waals surface area contributed by atoms with Gasteiger partial charge in [0.15, 0.2) is 0 Å². The van der Waals surface area contributed by atoms with Gasteiger partial charge in [0.25, 0.3) is 0 Å². The number of methoxy groups -OCH3 is 1. The van der Waals surface area contributed by atoms with Gasteiger partial charge in [-0.1, -0.05) is 0 Å². The third-order valence-electron chi connectivity index (χ3n) is 3.49. The number of aryl methyl sites for hydroxylation is 1. The van der Waals surface area contributed by atoms with Gasteiger partial charge in [0.2, 0.25) is 0 Å². The number of hydrogen-bond donors (Lipinski definition) is 1. The van der Waals surface area contributed by atoms with Crippen molar-refractivity contribution in [1.29, 1.82) is 0 Å². The number of hydrogen-bond acceptors (Lipinski definition) is 4. The minimum atomic E-state index is 0.429. The monoisotopic (exact) mass is 290 g/mol. The van der Waals surface area contributed by atoms with Crippen LogP contribution in [0.5, 0.6) is 5.75 Å². The van der Waals surface area contributed by atoms with Crippen molar-refractivity contribution in [3.8, 4) is 5.75 Å². The molecule has 0 fully saturated rings. The molecule has 0 aliphatic carbocycles. The van der Waals surface area contributed by atoms with E-state index < -0.39 is 0 Å². The molecule has 0 saturated heterocycles. The molecule has 0 spiro atoms. The molecule has 0 radical (unpaired) electrons. The summed E-state index contributed by atoms with van der Waals surface area (Å²) in [5.74, 6) is 0.947. The van der Waals surface area contributed by atoms with E-state index in [-0.39, 0.29) is 0 Å². The van der Waals surface area contributed by atoms with Gasteiger partial charge in [0, 0.05) is 29.9 Å². The summed E-state index contributed by atoms with van der Waals surface area (Å²) >= 11 is 1.75. The van der Waals surface area contributed by atoms with Crippen LogP contribution in [0.2, 0.25) is 0 Å². The smallest absolute Gasteiger partial charge is 0.128 e. The van der Waals surface area contributed by atoms with Crippen LogP contribution < -0.4 is 10.1 Å². The van der Waals surface area contributed by atoms with Crippen LogP contribution in [0.3, 0.4) is 0 Å². The fraction of sp³-hybridized carbons (Fsp3) is 0.438. The van der Waals surface area contributed by atoms with Gasteiger partial charge in [0.1, 0.15) is 5.75 Å². The van der Waals surface area contributed by atoms with Crippen molar-refractivity contribution >= 4 is 11.3 Å². The average molecular weight is 290 g/mol. The van der Waals surface area contributed by atoms with Gasteiger partial charge in [-0.15, -0.1) is 0 Å². The number of pyridine rings is 1. The van der Waals surface area contributed by atoms with Crippen LogP contribution in [0.1, 0.15) is 29.3 Å². The summed E-state index contributed by atoms with van der Waals surface area (Å²) in [6, 6.07) is 2.61. The van der Waals surface area contributed by atoms with E-state index in [2.05, 4.69) is 41.0 Å². The van der Waals surface area contributed by atoms with Crippen molar-refractivity contribution < 1.29 is 4.74 Å². The molecule has 0 saturated carbocycles. The van der Waals surface area contributed by atoms with Gasteiger partial charge in [-0.25, -0.2) is 0 Å². The Bertz CT molecular complexity index is 552. The first-order valence-corrected chi connectivity index (χ1v) is 7.79. The lowest BCUT2D eigenvalue weighted by Gasteiger charge is -2.16. The Morgan fingerprint density at radius 1 is 1.40 bits per heavy atom. The maximum atomic E-state index is 5.44. The van der Waals surface area contributed by atoms with Crippen LogP contribution in [-0.2, 0) is 13.0 Å². The minimum Gasteiger partial charge on any atom is -0.496 e. The highest BCUT2D eigenvalue weighted by molar-refractivity contribution is 7.07. The topological polar surface area (TPSA) is 34.1 Å². The number of thiophene rings is 1. The van der Waals surface area contributed by atoms with Gasteiger partial charge >= 0.3 is 0 Å². The maximum absolute atomic E-state index is 5.44. The zero-order chi connectivity index (χ0) is 14.5. The van der Waals surface area contributed by atoms with Crippen LogP contribution in [-0.4, -0.2) is 18.1 Å². The molecule has 108 valence electrons. The lowest BCUT2D eigenvalue weighted by atomic mass is 10.1. The molecule has 2 aromatic rings. The molecule has 2 aromatic heterocycles. The van der Waals surface area contributed by atoms with Crippen molar-refractivity contribution in [2.75, 3.05) is 7.11 Å². The van der Waals surface area contributed by atoms with Gasteiger partial charge < -0.3 is 10.1 Å². The summed E-state index contributed by atoms with van der Waals surface area (Å²) < 4.78 is 5.44. The van der Waals surface area contributed by atoms with E-state index >= 15 is 0 Å². The van der Waals surface area contributed by atoms with Crippen molar-refractivity contribution in [1.82, 2.24) is 10.3 Å². The van der Waals surface area contributed by atoms with Gasteiger partial charge in [-0.05, 0) is 49.6 Å². The van der Waals surface area contributed by atoms with Gasteiger partial charge in [-0.2, -0.15) is 11.3 Å². The largest absolute Gasteiger partial charge is 0.496 e. The quantitative estimate of drug-likeness (QED) is 0.884. The number of rotatable bonds is 6. The van der Waals surface area contributed by atoms with Crippen molar-refractivity contribution in [3.05, 3.63) is 45.4 Å². The van der Waals surface area contributed by atoms with E-state index in [0.717, 1.165) is 35.5 Å². The Hall–Kier alpha value is -1.39. The van der Waals surface area contributed by atoms with Gasteiger partial charge in [0.05, 0.1) is 12.8 Å². The van der Waals surface area contributed by atoms with Crippen molar-refractivity contribution in [3.63, 3.8) is 0 Å². The predicted octanol–water partition coefficient (Wildman–Crippen LogP) is 3.49. The zero-order valence-electron chi connectivity index (χ0n) is 12.6. The summed E-state index contributed by atoms with van der Waals surface area (Å²) in [6.07, 6.45) is 2.93. The Morgan fingerprint density at radius 2 is 2.20 bits per heavy atom. The molecule has 1 N–H and O–H groups in total. The van der Waals surface area contributed by atoms with E-state index in [4.69, 9.17) is 4.74 Å². The Balaban J connectivity index is 1.97. The lowest BCUT2D eigenvalue weighted by molar-refractivity contribution is 0.406. The molecule has 3 nitrogen and oxygen atoms in total. The molecule has 0 aliphatic heterocycles. The summed E-state index contributed by atoms with van der Waals surface area (Å²) in [5, 5.41) is 7.86. The standard InChI is InChI=1S/C16H22N2OS/c1-11-8-18-15(13(3)16(11)19-4)9-17-12(2)7-14-5-6-20-10-14/h5-6,8,10,12,17H,7,9H2,1-4H3. The lowest BCUT2D eigenvalue weighted by Crippen LogP contribution is -2.28. The highest BCUT2D eigenvalue weighted by Crippen LogP contribution is 2.23. The SMILES string of the molecule is COc1c(C)cnc(CNC(C)Cc2ccsc2)c1C. The van der Waals surface area contributed by atoms with E-state index in [9.17, 15) is 0 Å². The number of ether oxygens (including phenoxy) is 1. The fourth-order valence-electron chi connectivity index (χ4n) is 2.35. The van der Waals surface area contributed by atoms with E-state index in [0.29, 0.717) is 6.04 Å². The maximum Gasteiger partial charge on any atom is 0.128 e. The number of aromatic nitrogens is 1. The van der Waals surface area contributed by atoms with Crippen LogP contribution >= 0.6 is 11.3 Å². The molecule has 4 heteroatoms. The number of nitrogens with one attached hydrogen (secondary N) is 1. The summed E-state index contributed by atoms with van der Waals surface area (Å²) in [6.45, 7) is 7.07. The first kappa shape index (κ1) is 15.0. The van der Waals surface area contributed by atoms with Crippen LogP contribution in [0.4, 0.5) is 0 Å². The summed E-state index contributed by atoms with van der Waals surface area (Å²) in [5.41, 5.74) is 4.66. The normalized spacial score (nSPS) is 12.4. The predicted molar refractivity (Wildman–Crippen MR) is 84.6 cm³/mol. The van der Waals surface area contributed by atoms with E-state index in [1.165, 1.54) is 5.56 Å². The second kappa shape index (κ2) is 6.86. The summed E-state index contributed by atoms with van der Waals surface area (Å²) in [7, 11) is 1.71. The molecule has 1 atom stereocenters. The highest BCUT2D eigenvalue weighted by Gasteiger charge is 2.10. The first-order chi connectivity index (χ1) is 9.61. The van der Waals surface area contributed by atoms with Crippen LogP contribution in [0.25, 0.3) is 0 Å². The van der Waals surface area contributed by atoms with Gasteiger partial charge in [-0.3, -0.25) is 4.98 Å². The molecule has 2 heterocycles. The second-order valence-electron chi connectivity index (χ2n) is 5.16. The number of nitrogens with zero attached hydrogens (tertiary/aromatic N) is 1. The molecule has 2 rings (SSSR count). The van der Waals surface area contributed by atoms with E-state index in [1.54, 1.807) is 18.4 Å². The van der Waals surface area contributed by atoms with Crippen molar-refractivity contribution in [2.24, 2.45) is 0 Å². The van der Waals surface area contributed by atoms with Crippen LogP contribution in [0, 0.1) is 13.8 Å². The van der Waals surface area contributed by atoms with Crippen molar-refractivity contribution in [2.45, 2.75) is 39.8 Å². The molecular weight excluding hydrogens is 268 g/mol. The average Bonchev–Trinajstić information content (AvgIpc) is 2.91. The molecule has 20 heavy (non-hydrogen) atoms. The highest BCUT2D eigenvalue weighted by atomic mass is 32.1. The Labute approximate surface area is 125 Å². The van der Waals surface area contributed by atoms with E-state index in [1.807, 2.05) is 13.1 Å². The third-order valence-corrected chi connectivity index (χ3v) is 4.22.